The van der Waals surface area contributed by atoms with Crippen LogP contribution in [0.1, 0.15) is 26.2 Å². The van der Waals surface area contributed by atoms with E-state index >= 15 is 0 Å². The molecule has 1 atom stereocenters. The van der Waals surface area contributed by atoms with Crippen molar-refractivity contribution < 1.29 is 4.79 Å². The van der Waals surface area contributed by atoms with Gasteiger partial charge in [-0.15, -0.1) is 0 Å². The maximum atomic E-state index is 10.6. The first kappa shape index (κ1) is 7.86. The molecule has 1 nitrogen and oxygen atoms in total. The van der Waals surface area contributed by atoms with E-state index in [4.69, 9.17) is 0 Å². The zero-order chi connectivity index (χ0) is 7.40. The van der Waals surface area contributed by atoms with E-state index in [1.807, 2.05) is 0 Å². The molecule has 0 amide bonds. The van der Waals surface area contributed by atoms with Crippen molar-refractivity contribution in [1.29, 1.82) is 0 Å². The Morgan fingerprint density at radius 3 is 3.00 bits per heavy atom. The first-order valence-corrected chi connectivity index (χ1v) is 4.51. The summed E-state index contributed by atoms with van der Waals surface area (Å²) in [5.41, 5.74) is 0. The molecule has 0 saturated carbocycles. The fourth-order valence-corrected chi connectivity index (χ4v) is 1.99. The molecular formula is C8H12OS. The van der Waals surface area contributed by atoms with E-state index in [-0.39, 0.29) is 5.12 Å². The van der Waals surface area contributed by atoms with Gasteiger partial charge >= 0.3 is 0 Å². The zero-order valence-corrected chi connectivity index (χ0v) is 6.99. The third-order valence-corrected chi connectivity index (χ3v) is 2.56. The fraction of sp³-hybridized carbons (Fsp3) is 0.625. The number of carbonyl (C=O) groups excluding carboxylic acids is 1. The van der Waals surface area contributed by atoms with Gasteiger partial charge in [0, 0.05) is 12.2 Å². The Labute approximate surface area is 65.9 Å². The molecule has 2 heteroatoms. The van der Waals surface area contributed by atoms with Crippen molar-refractivity contribution >= 4 is 16.9 Å². The van der Waals surface area contributed by atoms with E-state index in [9.17, 15) is 4.79 Å². The number of carbonyl (C=O) groups is 1. The van der Waals surface area contributed by atoms with Gasteiger partial charge in [0.25, 0.3) is 0 Å². The van der Waals surface area contributed by atoms with Crippen LogP contribution < -0.4 is 0 Å². The molecular weight excluding hydrogens is 144 g/mol. The highest BCUT2D eigenvalue weighted by atomic mass is 32.2. The van der Waals surface area contributed by atoms with Crippen LogP contribution in [0, 0.1) is 0 Å². The molecule has 0 saturated heterocycles. The van der Waals surface area contributed by atoms with Gasteiger partial charge in [-0.05, 0) is 19.3 Å². The Balaban J connectivity index is 2.33. The lowest BCUT2D eigenvalue weighted by Gasteiger charge is -2.12. The van der Waals surface area contributed by atoms with Gasteiger partial charge in [0.2, 0.25) is 0 Å². The van der Waals surface area contributed by atoms with Crippen LogP contribution in [0.4, 0.5) is 0 Å². The summed E-state index contributed by atoms with van der Waals surface area (Å²) in [5, 5.41) is 0.697. The molecule has 1 rings (SSSR count). The van der Waals surface area contributed by atoms with Crippen molar-refractivity contribution in [2.45, 2.75) is 31.4 Å². The Morgan fingerprint density at radius 1 is 1.70 bits per heavy atom. The lowest BCUT2D eigenvalue weighted by atomic mass is 10.1. The Hall–Kier alpha value is -0.240. The summed E-state index contributed by atoms with van der Waals surface area (Å²) in [7, 11) is 0. The van der Waals surface area contributed by atoms with Gasteiger partial charge in [0.1, 0.15) is 0 Å². The maximum Gasteiger partial charge on any atom is 0.186 e. The largest absolute Gasteiger partial charge is 0.288 e. The number of hydrogen-bond donors (Lipinski definition) is 0. The predicted octanol–water partition coefficient (Wildman–Crippen LogP) is 2.37. The molecule has 0 aliphatic heterocycles. The molecule has 0 fully saturated rings. The van der Waals surface area contributed by atoms with E-state index in [0.717, 1.165) is 0 Å². The lowest BCUT2D eigenvalue weighted by Crippen LogP contribution is -2.04. The monoisotopic (exact) mass is 156 g/mol. The Morgan fingerprint density at radius 2 is 2.50 bits per heavy atom. The highest BCUT2D eigenvalue weighted by Gasteiger charge is 2.10. The smallest absolute Gasteiger partial charge is 0.186 e. The first-order chi connectivity index (χ1) is 4.79. The third kappa shape index (κ3) is 2.56. The summed E-state index contributed by atoms with van der Waals surface area (Å²) in [5.74, 6) is 0. The normalized spacial score (nSPS) is 24.7. The molecule has 0 aromatic carbocycles. The van der Waals surface area contributed by atoms with Crippen LogP contribution in [-0.4, -0.2) is 10.4 Å². The Bertz CT molecular complexity index is 151. The summed E-state index contributed by atoms with van der Waals surface area (Å²) in [6.45, 7) is 1.63. The SMILES string of the molecule is CC(=O)SC1C=CCCC1. The summed E-state index contributed by atoms with van der Waals surface area (Å²) in [6.07, 6.45) is 7.91. The van der Waals surface area contributed by atoms with Gasteiger partial charge in [0.05, 0.1) is 0 Å². The standard InChI is InChI=1S/C8H12OS/c1-7(9)10-8-5-3-2-4-6-8/h3,5,8H,2,4,6H2,1H3. The van der Waals surface area contributed by atoms with E-state index in [1.54, 1.807) is 6.92 Å². The van der Waals surface area contributed by atoms with Crippen LogP contribution in [0.3, 0.4) is 0 Å². The van der Waals surface area contributed by atoms with Gasteiger partial charge in [-0.3, -0.25) is 4.79 Å². The van der Waals surface area contributed by atoms with E-state index < -0.39 is 0 Å². The second-order valence-electron chi connectivity index (χ2n) is 2.51. The van der Waals surface area contributed by atoms with Crippen molar-refractivity contribution in [3.8, 4) is 0 Å². The van der Waals surface area contributed by atoms with Gasteiger partial charge in [-0.2, -0.15) is 0 Å². The van der Waals surface area contributed by atoms with Crippen molar-refractivity contribution in [3.63, 3.8) is 0 Å². The second-order valence-corrected chi connectivity index (χ2v) is 3.92. The number of thioether (sulfide) groups is 1. The fourth-order valence-electron chi connectivity index (χ4n) is 1.09. The molecule has 56 valence electrons. The molecule has 1 aliphatic rings. The summed E-state index contributed by atoms with van der Waals surface area (Å²) in [4.78, 5) is 10.6. The van der Waals surface area contributed by atoms with Gasteiger partial charge in [-0.1, -0.05) is 23.9 Å². The highest BCUT2D eigenvalue weighted by Crippen LogP contribution is 2.23. The first-order valence-electron chi connectivity index (χ1n) is 3.63. The molecule has 0 bridgehead atoms. The van der Waals surface area contributed by atoms with Crippen LogP contribution in [0.25, 0.3) is 0 Å². The molecule has 0 radical (unpaired) electrons. The van der Waals surface area contributed by atoms with E-state index in [2.05, 4.69) is 12.2 Å². The summed E-state index contributed by atoms with van der Waals surface area (Å²) >= 11 is 1.45. The second kappa shape index (κ2) is 3.81. The molecule has 10 heavy (non-hydrogen) atoms. The van der Waals surface area contributed by atoms with Crippen molar-refractivity contribution in [2.75, 3.05) is 0 Å². The third-order valence-electron chi connectivity index (χ3n) is 1.53. The topological polar surface area (TPSA) is 17.1 Å². The predicted molar refractivity (Wildman–Crippen MR) is 45.1 cm³/mol. The summed E-state index contributed by atoms with van der Waals surface area (Å²) in [6, 6.07) is 0. The quantitative estimate of drug-likeness (QED) is 0.542. The van der Waals surface area contributed by atoms with Crippen molar-refractivity contribution in [2.24, 2.45) is 0 Å². The summed E-state index contributed by atoms with van der Waals surface area (Å²) < 4.78 is 0. The average molecular weight is 156 g/mol. The number of allylic oxidation sites excluding steroid dienone is 1. The number of rotatable bonds is 1. The van der Waals surface area contributed by atoms with Crippen LogP contribution in [0.15, 0.2) is 12.2 Å². The van der Waals surface area contributed by atoms with Crippen molar-refractivity contribution in [1.82, 2.24) is 0 Å². The maximum absolute atomic E-state index is 10.6. The molecule has 1 unspecified atom stereocenters. The van der Waals surface area contributed by atoms with Gasteiger partial charge < -0.3 is 0 Å². The lowest BCUT2D eigenvalue weighted by molar-refractivity contribution is -0.109. The van der Waals surface area contributed by atoms with Crippen LogP contribution >= 0.6 is 11.8 Å². The minimum absolute atomic E-state index is 0.233. The molecule has 0 aromatic heterocycles. The Kier molecular flexibility index (Phi) is 3.00. The zero-order valence-electron chi connectivity index (χ0n) is 6.17. The minimum Gasteiger partial charge on any atom is -0.288 e. The molecule has 1 aliphatic carbocycles. The van der Waals surface area contributed by atoms with Gasteiger partial charge in [-0.25, -0.2) is 0 Å². The minimum atomic E-state index is 0.233. The van der Waals surface area contributed by atoms with Crippen LogP contribution in [0.5, 0.6) is 0 Å². The highest BCUT2D eigenvalue weighted by molar-refractivity contribution is 8.14. The number of hydrogen-bond acceptors (Lipinski definition) is 2. The van der Waals surface area contributed by atoms with Crippen molar-refractivity contribution in [3.05, 3.63) is 12.2 Å². The molecule has 0 N–H and O–H groups in total. The van der Waals surface area contributed by atoms with E-state index in [0.29, 0.717) is 5.25 Å². The average Bonchev–Trinajstić information content (AvgIpc) is 1.88. The van der Waals surface area contributed by atoms with Crippen LogP contribution in [-0.2, 0) is 4.79 Å². The van der Waals surface area contributed by atoms with Crippen LogP contribution in [0.2, 0.25) is 0 Å². The molecule has 0 heterocycles. The molecule has 0 spiro atoms. The molecule has 0 aromatic rings. The van der Waals surface area contributed by atoms with E-state index in [1.165, 1.54) is 31.0 Å². The van der Waals surface area contributed by atoms with Gasteiger partial charge in [0.15, 0.2) is 5.12 Å².